The van der Waals surface area contributed by atoms with E-state index in [0.29, 0.717) is 12.1 Å². The fraction of sp³-hybridized carbons (Fsp3) is 0.267. The van der Waals surface area contributed by atoms with Gasteiger partial charge in [-0.3, -0.25) is 4.79 Å². The van der Waals surface area contributed by atoms with Crippen LogP contribution < -0.4 is 10.2 Å². The molecular weight excluding hydrogens is 266 g/mol. The van der Waals surface area contributed by atoms with Crippen molar-refractivity contribution in [1.82, 2.24) is 19.9 Å². The summed E-state index contributed by atoms with van der Waals surface area (Å²) in [6, 6.07) is 3.52. The van der Waals surface area contributed by atoms with Crippen LogP contribution in [0.15, 0.2) is 30.7 Å². The van der Waals surface area contributed by atoms with Gasteiger partial charge in [0.25, 0.3) is 5.91 Å². The highest BCUT2D eigenvalue weighted by Gasteiger charge is 2.09. The molecule has 2 aromatic rings. The number of nitrogens with zero attached hydrogens (tertiary/aromatic N) is 4. The molecule has 0 aliphatic rings. The number of terminal acetylenes is 1. The van der Waals surface area contributed by atoms with Gasteiger partial charge in [0.2, 0.25) is 0 Å². The van der Waals surface area contributed by atoms with Crippen molar-refractivity contribution in [3.8, 4) is 12.3 Å². The van der Waals surface area contributed by atoms with Crippen LogP contribution in [0, 0.1) is 12.3 Å². The van der Waals surface area contributed by atoms with E-state index in [9.17, 15) is 4.79 Å². The van der Waals surface area contributed by atoms with E-state index >= 15 is 0 Å². The Morgan fingerprint density at radius 3 is 2.86 bits per heavy atom. The molecule has 2 aromatic heterocycles. The average Bonchev–Trinajstić information content (AvgIpc) is 2.90. The van der Waals surface area contributed by atoms with E-state index in [0.717, 1.165) is 11.6 Å². The van der Waals surface area contributed by atoms with Crippen LogP contribution in [-0.2, 0) is 13.6 Å². The zero-order valence-electron chi connectivity index (χ0n) is 12.1. The van der Waals surface area contributed by atoms with Crippen LogP contribution in [0.1, 0.15) is 16.2 Å². The van der Waals surface area contributed by atoms with Gasteiger partial charge in [0.15, 0.2) is 0 Å². The molecule has 2 rings (SSSR count). The molecule has 0 aromatic carbocycles. The lowest BCUT2D eigenvalue weighted by Crippen LogP contribution is -2.24. The van der Waals surface area contributed by atoms with Crippen molar-refractivity contribution in [1.29, 1.82) is 0 Å². The summed E-state index contributed by atoms with van der Waals surface area (Å²) in [5.41, 5.74) is 0.486. The summed E-state index contributed by atoms with van der Waals surface area (Å²) in [5, 5.41) is 2.60. The maximum Gasteiger partial charge on any atom is 0.253 e. The monoisotopic (exact) mass is 283 g/mol. The number of nitrogens with one attached hydrogen (secondary N) is 1. The molecule has 2 heterocycles. The second-order valence-electron chi connectivity index (χ2n) is 4.60. The van der Waals surface area contributed by atoms with Gasteiger partial charge >= 0.3 is 0 Å². The minimum atomic E-state index is -0.223. The smallest absolute Gasteiger partial charge is 0.253 e. The number of imidazole rings is 1. The molecule has 0 saturated heterocycles. The van der Waals surface area contributed by atoms with Crippen LogP contribution in [0.2, 0.25) is 0 Å². The third-order valence-corrected chi connectivity index (χ3v) is 3.05. The van der Waals surface area contributed by atoms with Crippen molar-refractivity contribution >= 4 is 11.7 Å². The molecule has 6 nitrogen and oxygen atoms in total. The van der Waals surface area contributed by atoms with Gasteiger partial charge in [-0.25, -0.2) is 9.97 Å². The number of hydrogen-bond acceptors (Lipinski definition) is 4. The Hall–Kier alpha value is -2.81. The highest BCUT2D eigenvalue weighted by molar-refractivity contribution is 5.94. The molecule has 0 aliphatic heterocycles. The standard InChI is InChI=1S/C15H17N5O/c1-4-7-17-15(21)12-5-6-13(18-10-12)20(3)11-14-16-8-9-19(14)2/h1,5-6,8-10H,7,11H2,2-3H3,(H,17,21). The zero-order chi connectivity index (χ0) is 15.2. The van der Waals surface area contributed by atoms with E-state index in [2.05, 4.69) is 21.2 Å². The van der Waals surface area contributed by atoms with E-state index in [4.69, 9.17) is 6.42 Å². The highest BCUT2D eigenvalue weighted by Crippen LogP contribution is 2.12. The minimum Gasteiger partial charge on any atom is -0.352 e. The van der Waals surface area contributed by atoms with E-state index in [-0.39, 0.29) is 12.5 Å². The predicted molar refractivity (Wildman–Crippen MR) is 80.7 cm³/mol. The number of aromatic nitrogens is 3. The lowest BCUT2D eigenvalue weighted by atomic mass is 10.2. The Kier molecular flexibility index (Phi) is 4.57. The van der Waals surface area contributed by atoms with Gasteiger partial charge in [-0.05, 0) is 12.1 Å². The first-order valence-electron chi connectivity index (χ1n) is 6.47. The summed E-state index contributed by atoms with van der Waals surface area (Å²) in [7, 11) is 3.87. The molecule has 0 spiro atoms. The minimum absolute atomic E-state index is 0.208. The van der Waals surface area contributed by atoms with Crippen LogP contribution in [0.3, 0.4) is 0 Å². The normalized spacial score (nSPS) is 9.95. The van der Waals surface area contributed by atoms with Crippen molar-refractivity contribution in [3.05, 3.63) is 42.1 Å². The quantitative estimate of drug-likeness (QED) is 0.825. The van der Waals surface area contributed by atoms with Gasteiger partial charge in [-0.2, -0.15) is 0 Å². The van der Waals surface area contributed by atoms with Gasteiger partial charge in [-0.1, -0.05) is 5.92 Å². The first kappa shape index (κ1) is 14.6. The molecule has 0 saturated carbocycles. The number of carbonyl (C=O) groups is 1. The fourth-order valence-electron chi connectivity index (χ4n) is 1.82. The van der Waals surface area contributed by atoms with Crippen molar-refractivity contribution in [3.63, 3.8) is 0 Å². The summed E-state index contributed by atoms with van der Waals surface area (Å²) < 4.78 is 1.96. The third-order valence-electron chi connectivity index (χ3n) is 3.05. The van der Waals surface area contributed by atoms with Crippen molar-refractivity contribution in [2.45, 2.75) is 6.54 Å². The molecule has 6 heteroatoms. The molecule has 108 valence electrons. The number of amides is 1. The first-order valence-corrected chi connectivity index (χ1v) is 6.47. The van der Waals surface area contributed by atoms with Gasteiger partial charge in [-0.15, -0.1) is 6.42 Å². The molecule has 0 aliphatic carbocycles. The fourth-order valence-corrected chi connectivity index (χ4v) is 1.82. The Labute approximate surface area is 123 Å². The van der Waals surface area contributed by atoms with E-state index in [1.54, 1.807) is 18.3 Å². The van der Waals surface area contributed by atoms with Gasteiger partial charge in [0.1, 0.15) is 11.6 Å². The van der Waals surface area contributed by atoms with Gasteiger partial charge < -0.3 is 14.8 Å². The number of hydrogen-bond donors (Lipinski definition) is 1. The Morgan fingerprint density at radius 1 is 1.48 bits per heavy atom. The number of rotatable bonds is 5. The lowest BCUT2D eigenvalue weighted by molar-refractivity contribution is 0.0958. The molecule has 0 radical (unpaired) electrons. The summed E-state index contributed by atoms with van der Waals surface area (Å²) in [6.07, 6.45) is 10.3. The second kappa shape index (κ2) is 6.57. The molecule has 0 unspecified atom stereocenters. The summed E-state index contributed by atoms with van der Waals surface area (Å²) >= 11 is 0. The topological polar surface area (TPSA) is 63.1 Å². The van der Waals surface area contributed by atoms with Gasteiger partial charge in [0, 0.05) is 32.7 Å². The van der Waals surface area contributed by atoms with Crippen molar-refractivity contribution < 1.29 is 4.79 Å². The van der Waals surface area contributed by atoms with E-state index in [1.165, 1.54) is 6.20 Å². The number of aryl methyl sites for hydroxylation is 1. The largest absolute Gasteiger partial charge is 0.352 e. The molecular formula is C15H17N5O. The number of carbonyl (C=O) groups excluding carboxylic acids is 1. The average molecular weight is 283 g/mol. The van der Waals surface area contributed by atoms with Crippen LogP contribution in [0.5, 0.6) is 0 Å². The van der Waals surface area contributed by atoms with Crippen LogP contribution in [0.25, 0.3) is 0 Å². The van der Waals surface area contributed by atoms with Crippen LogP contribution in [-0.4, -0.2) is 34.0 Å². The molecule has 1 amide bonds. The van der Waals surface area contributed by atoms with Gasteiger partial charge in [0.05, 0.1) is 18.7 Å². The summed E-state index contributed by atoms with van der Waals surface area (Å²) in [5.74, 6) is 3.84. The molecule has 0 atom stereocenters. The predicted octanol–water partition coefficient (Wildman–Crippen LogP) is 0.814. The highest BCUT2D eigenvalue weighted by atomic mass is 16.1. The number of anilines is 1. The maximum absolute atomic E-state index is 11.7. The van der Waals surface area contributed by atoms with Crippen molar-refractivity contribution in [2.75, 3.05) is 18.5 Å². The van der Waals surface area contributed by atoms with Crippen LogP contribution in [0.4, 0.5) is 5.82 Å². The lowest BCUT2D eigenvalue weighted by Gasteiger charge is -2.17. The molecule has 1 N–H and O–H groups in total. The molecule has 21 heavy (non-hydrogen) atoms. The Bertz CT molecular complexity index is 653. The Balaban J connectivity index is 2.03. The maximum atomic E-state index is 11.7. The first-order chi connectivity index (χ1) is 10.1. The third kappa shape index (κ3) is 3.60. The van der Waals surface area contributed by atoms with Crippen molar-refractivity contribution in [2.24, 2.45) is 7.05 Å². The summed E-state index contributed by atoms with van der Waals surface area (Å²) in [4.78, 5) is 22.2. The van der Waals surface area contributed by atoms with E-state index < -0.39 is 0 Å². The Morgan fingerprint density at radius 2 is 2.29 bits per heavy atom. The SMILES string of the molecule is C#CCNC(=O)c1ccc(N(C)Cc2nccn2C)nc1. The zero-order valence-corrected chi connectivity index (χ0v) is 12.1. The molecule has 0 fully saturated rings. The molecule has 0 bridgehead atoms. The number of pyridine rings is 1. The van der Waals surface area contributed by atoms with E-state index in [1.807, 2.05) is 29.8 Å². The van der Waals surface area contributed by atoms with Crippen LogP contribution >= 0.6 is 0 Å². The second-order valence-corrected chi connectivity index (χ2v) is 4.60. The summed E-state index contributed by atoms with van der Waals surface area (Å²) in [6.45, 7) is 0.846.